The lowest BCUT2D eigenvalue weighted by Gasteiger charge is -2.32. The van der Waals surface area contributed by atoms with Crippen molar-refractivity contribution in [2.24, 2.45) is 0 Å². The van der Waals surface area contributed by atoms with E-state index in [1.165, 1.54) is 4.90 Å². The maximum absolute atomic E-state index is 12.7. The Balaban J connectivity index is 0.00000195. The molecule has 38 heavy (non-hydrogen) atoms. The van der Waals surface area contributed by atoms with Gasteiger partial charge in [0.2, 0.25) is 0 Å². The van der Waals surface area contributed by atoms with E-state index in [-0.39, 0.29) is 24.4 Å². The zero-order chi connectivity index (χ0) is 27.5. The van der Waals surface area contributed by atoms with Crippen LogP contribution in [0.2, 0.25) is 0 Å². The summed E-state index contributed by atoms with van der Waals surface area (Å²) in [7, 11) is 1.00. The van der Waals surface area contributed by atoms with Crippen LogP contribution in [0.5, 0.6) is 0 Å². The van der Waals surface area contributed by atoms with Gasteiger partial charge in [0.1, 0.15) is 0 Å². The number of hydrogen-bond acceptors (Lipinski definition) is 5. The molecular formula is C28H31F3N4O3. The van der Waals surface area contributed by atoms with Gasteiger partial charge in [0, 0.05) is 56.3 Å². The normalized spacial score (nSPS) is 14.2. The lowest BCUT2D eigenvalue weighted by atomic mass is 10.0. The molecule has 202 valence electrons. The van der Waals surface area contributed by atoms with Crippen LogP contribution in [-0.2, 0) is 6.54 Å². The molecular weight excluding hydrogens is 497 g/mol. The number of likely N-dealkylation sites (tertiary alicyclic amines) is 1. The minimum atomic E-state index is -4.21. The van der Waals surface area contributed by atoms with E-state index in [2.05, 4.69) is 15.6 Å². The molecule has 2 aromatic carbocycles. The van der Waals surface area contributed by atoms with Crippen LogP contribution in [0.1, 0.15) is 39.1 Å². The van der Waals surface area contributed by atoms with Crippen LogP contribution < -0.4 is 10.6 Å². The molecule has 7 nitrogen and oxygen atoms in total. The van der Waals surface area contributed by atoms with Crippen LogP contribution in [0.15, 0.2) is 73.1 Å². The second-order valence-corrected chi connectivity index (χ2v) is 8.84. The number of amides is 2. The molecule has 1 aliphatic rings. The topological polar surface area (TPSA) is 94.6 Å². The summed E-state index contributed by atoms with van der Waals surface area (Å²) in [4.78, 5) is 30.6. The molecule has 2 heterocycles. The third-order valence-electron chi connectivity index (χ3n) is 6.13. The van der Waals surface area contributed by atoms with Crippen LogP contribution in [0.4, 0.5) is 13.2 Å². The molecule has 0 bridgehead atoms. The zero-order valence-corrected chi connectivity index (χ0v) is 21.0. The van der Waals surface area contributed by atoms with Gasteiger partial charge in [-0.25, -0.2) is 0 Å². The van der Waals surface area contributed by atoms with Crippen molar-refractivity contribution in [2.75, 3.05) is 26.7 Å². The quantitative estimate of drug-likeness (QED) is 0.430. The van der Waals surface area contributed by atoms with Crippen molar-refractivity contribution < 1.29 is 27.9 Å². The first-order chi connectivity index (χ1) is 18.3. The molecule has 1 aromatic heterocycles. The van der Waals surface area contributed by atoms with E-state index in [9.17, 15) is 22.8 Å². The summed E-state index contributed by atoms with van der Waals surface area (Å²) in [6.07, 6.45) is 0.154. The Kier molecular flexibility index (Phi) is 10.4. The van der Waals surface area contributed by atoms with Gasteiger partial charge in [-0.3, -0.25) is 19.5 Å². The molecule has 10 heteroatoms. The van der Waals surface area contributed by atoms with Gasteiger partial charge in [-0.05, 0) is 65.9 Å². The first-order valence-corrected chi connectivity index (χ1v) is 12.2. The van der Waals surface area contributed by atoms with Gasteiger partial charge in [0.05, 0.1) is 6.54 Å². The Hall–Kier alpha value is -3.76. The predicted molar refractivity (Wildman–Crippen MR) is 138 cm³/mol. The number of halogens is 3. The van der Waals surface area contributed by atoms with Gasteiger partial charge in [-0.1, -0.05) is 24.3 Å². The van der Waals surface area contributed by atoms with Gasteiger partial charge in [-0.15, -0.1) is 0 Å². The fraction of sp³-hybridized carbons (Fsp3) is 0.321. The SMILES string of the molecule is CO.O=C(NCc1cccc(C(=O)NC2CCN(CC(F)(F)F)CC2)c1)c1ccc(-c2ccncc2)cc1. The molecule has 1 aliphatic heterocycles. The number of aromatic nitrogens is 1. The summed E-state index contributed by atoms with van der Waals surface area (Å²) in [6.45, 7) is -0.0850. The van der Waals surface area contributed by atoms with Crippen molar-refractivity contribution in [1.82, 2.24) is 20.5 Å². The Morgan fingerprint density at radius 3 is 2.18 bits per heavy atom. The summed E-state index contributed by atoms with van der Waals surface area (Å²) in [5.74, 6) is -0.499. The van der Waals surface area contributed by atoms with Gasteiger partial charge in [0.15, 0.2) is 0 Å². The molecule has 2 amide bonds. The number of benzene rings is 2. The monoisotopic (exact) mass is 528 g/mol. The lowest BCUT2D eigenvalue weighted by Crippen LogP contribution is -2.47. The highest BCUT2D eigenvalue weighted by atomic mass is 19.4. The van der Waals surface area contributed by atoms with Crippen molar-refractivity contribution in [2.45, 2.75) is 31.6 Å². The maximum atomic E-state index is 12.7. The molecule has 0 radical (unpaired) electrons. The van der Waals surface area contributed by atoms with Crippen LogP contribution in [0.25, 0.3) is 11.1 Å². The average Bonchev–Trinajstić information content (AvgIpc) is 2.94. The summed E-state index contributed by atoms with van der Waals surface area (Å²) in [5, 5.41) is 12.8. The third-order valence-corrected chi connectivity index (χ3v) is 6.13. The number of alkyl halides is 3. The van der Waals surface area contributed by atoms with Crippen LogP contribution in [-0.4, -0.2) is 65.8 Å². The van der Waals surface area contributed by atoms with E-state index in [0.29, 0.717) is 37.1 Å². The smallest absolute Gasteiger partial charge is 0.400 e. The van der Waals surface area contributed by atoms with E-state index in [4.69, 9.17) is 5.11 Å². The highest BCUT2D eigenvalue weighted by Crippen LogP contribution is 2.21. The number of hydrogen-bond donors (Lipinski definition) is 3. The first-order valence-electron chi connectivity index (χ1n) is 12.2. The molecule has 1 saturated heterocycles. The van der Waals surface area contributed by atoms with E-state index in [1.807, 2.05) is 30.3 Å². The molecule has 3 N–H and O–H groups in total. The molecule has 3 aromatic rings. The fourth-order valence-electron chi connectivity index (χ4n) is 4.22. The number of pyridine rings is 1. The van der Waals surface area contributed by atoms with E-state index in [1.54, 1.807) is 42.7 Å². The minimum Gasteiger partial charge on any atom is -0.400 e. The second-order valence-electron chi connectivity index (χ2n) is 8.84. The summed E-state index contributed by atoms with van der Waals surface area (Å²) >= 11 is 0. The molecule has 0 unspecified atom stereocenters. The van der Waals surface area contributed by atoms with E-state index < -0.39 is 12.7 Å². The molecule has 0 atom stereocenters. The molecule has 0 saturated carbocycles. The highest BCUT2D eigenvalue weighted by Gasteiger charge is 2.32. The standard InChI is InChI=1S/C27H27F3N4O2.CH4O/c28-27(29,30)18-34-14-10-24(11-15-34)33-26(36)23-3-1-2-19(16-23)17-32-25(35)22-6-4-20(5-7-22)21-8-12-31-13-9-21;1-2/h1-9,12-13,16,24H,10-11,14-15,17-18H2,(H,32,35)(H,33,36);2H,1H3. The Bertz CT molecular complexity index is 1180. The molecule has 4 rings (SSSR count). The number of piperidine rings is 1. The minimum absolute atomic E-state index is 0.166. The molecule has 0 spiro atoms. The largest absolute Gasteiger partial charge is 0.401 e. The number of nitrogens with one attached hydrogen (secondary N) is 2. The van der Waals surface area contributed by atoms with E-state index in [0.717, 1.165) is 23.8 Å². The Morgan fingerprint density at radius 2 is 1.55 bits per heavy atom. The van der Waals surface area contributed by atoms with Gasteiger partial charge < -0.3 is 15.7 Å². The number of rotatable bonds is 7. The molecule has 0 aliphatic carbocycles. The Labute approximate surface area is 219 Å². The van der Waals surface area contributed by atoms with Gasteiger partial charge >= 0.3 is 6.18 Å². The summed E-state index contributed by atoms with van der Waals surface area (Å²) < 4.78 is 37.7. The van der Waals surface area contributed by atoms with Crippen molar-refractivity contribution in [3.05, 3.63) is 89.7 Å². The number of nitrogens with zero attached hydrogens (tertiary/aromatic N) is 2. The van der Waals surface area contributed by atoms with Crippen molar-refractivity contribution in [3.8, 4) is 11.1 Å². The highest BCUT2D eigenvalue weighted by molar-refractivity contribution is 5.95. The first kappa shape index (κ1) is 28.8. The zero-order valence-electron chi connectivity index (χ0n) is 21.0. The maximum Gasteiger partial charge on any atom is 0.401 e. The fourth-order valence-corrected chi connectivity index (χ4v) is 4.22. The third kappa shape index (κ3) is 8.67. The van der Waals surface area contributed by atoms with Crippen molar-refractivity contribution in [3.63, 3.8) is 0 Å². The summed E-state index contributed by atoms with van der Waals surface area (Å²) in [5.41, 5.74) is 3.74. The average molecular weight is 529 g/mol. The van der Waals surface area contributed by atoms with Crippen LogP contribution in [0, 0.1) is 0 Å². The van der Waals surface area contributed by atoms with Crippen molar-refractivity contribution >= 4 is 11.8 Å². The van der Waals surface area contributed by atoms with Crippen LogP contribution in [0.3, 0.4) is 0 Å². The number of carbonyl (C=O) groups is 2. The number of aliphatic hydroxyl groups is 1. The van der Waals surface area contributed by atoms with E-state index >= 15 is 0 Å². The van der Waals surface area contributed by atoms with Crippen molar-refractivity contribution in [1.29, 1.82) is 0 Å². The van der Waals surface area contributed by atoms with Gasteiger partial charge in [0.25, 0.3) is 11.8 Å². The Morgan fingerprint density at radius 1 is 0.921 bits per heavy atom. The second kappa shape index (κ2) is 13.7. The van der Waals surface area contributed by atoms with Crippen LogP contribution >= 0.6 is 0 Å². The summed E-state index contributed by atoms with van der Waals surface area (Å²) in [6, 6.07) is 17.9. The lowest BCUT2D eigenvalue weighted by molar-refractivity contribution is -0.148. The predicted octanol–water partition coefficient (Wildman–Crippen LogP) is 4.04. The molecule has 1 fully saturated rings. The number of carbonyl (C=O) groups excluding carboxylic acids is 2. The van der Waals surface area contributed by atoms with Gasteiger partial charge in [-0.2, -0.15) is 13.2 Å². The number of aliphatic hydroxyl groups excluding tert-OH is 1.